The quantitative estimate of drug-likeness (QED) is 0.280. The Bertz CT molecular complexity index is 845. The van der Waals surface area contributed by atoms with Crippen LogP contribution in [0.2, 0.25) is 0 Å². The van der Waals surface area contributed by atoms with E-state index in [1.54, 1.807) is 0 Å². The Hall–Kier alpha value is -2.63. The molecule has 1 atom stereocenters. The number of aliphatic hydroxyl groups excluding tert-OH is 1. The predicted molar refractivity (Wildman–Crippen MR) is 111 cm³/mol. The number of hydrogen-bond donors (Lipinski definition) is 4. The number of rotatable bonds is 9. The van der Waals surface area contributed by atoms with Gasteiger partial charge in [0.25, 0.3) is 0 Å². The molecule has 27 heavy (non-hydrogen) atoms. The van der Waals surface area contributed by atoms with E-state index in [9.17, 15) is 0 Å². The Labute approximate surface area is 165 Å². The first kappa shape index (κ1) is 19.1. The normalized spacial score (nSPS) is 11.0. The zero-order valence-electron chi connectivity index (χ0n) is 14.9. The summed E-state index contributed by atoms with van der Waals surface area (Å²) in [5.41, 5.74) is 7.68. The zero-order chi connectivity index (χ0) is 18.9. The molecule has 0 aliphatic carbocycles. The molecular formula is C19H23AsN6O. The second-order valence-electron chi connectivity index (χ2n) is 5.87. The summed E-state index contributed by atoms with van der Waals surface area (Å²) in [5, 5.41) is 15.3. The minimum atomic E-state index is -0.656. The molecule has 1 unspecified atom stereocenters. The first-order valence-electron chi connectivity index (χ1n) is 8.74. The second kappa shape index (κ2) is 9.90. The monoisotopic (exact) mass is 426 g/mol. The van der Waals surface area contributed by atoms with Gasteiger partial charge < -0.3 is 0 Å². The molecule has 1 heterocycles. The van der Waals surface area contributed by atoms with Crippen molar-refractivity contribution in [3.63, 3.8) is 0 Å². The third kappa shape index (κ3) is 6.24. The molecule has 3 rings (SSSR count). The van der Waals surface area contributed by atoms with Crippen molar-refractivity contribution < 1.29 is 5.11 Å². The maximum atomic E-state index is 9.04. The summed E-state index contributed by atoms with van der Waals surface area (Å²) in [6.45, 7) is 1.13. The van der Waals surface area contributed by atoms with E-state index in [2.05, 4.69) is 37.7 Å². The molecule has 140 valence electrons. The summed E-state index contributed by atoms with van der Waals surface area (Å²) in [4.78, 5) is 13.5. The molecule has 0 aliphatic rings. The van der Waals surface area contributed by atoms with E-state index < -0.39 is 15.8 Å². The maximum absolute atomic E-state index is 9.04. The molecule has 0 aliphatic heterocycles. The standard InChI is InChI=1S/C19H23AsN6O/c21-16-8-6-14(7-9-16)10-11-22-18-24-17(20-15-4-2-1-3-5-15)25-19(26-18)23-12-13-27/h1-9,20,27H,10-13,21H2,(H2,22,23,24,25,26). The van der Waals surface area contributed by atoms with Crippen LogP contribution in [-0.4, -0.2) is 55.5 Å². The molecular weight excluding hydrogens is 403 g/mol. The van der Waals surface area contributed by atoms with Crippen molar-refractivity contribution in [2.24, 2.45) is 0 Å². The van der Waals surface area contributed by atoms with Gasteiger partial charge in [-0.1, -0.05) is 0 Å². The summed E-state index contributed by atoms with van der Waals surface area (Å²) in [6.07, 6.45) is 0.843. The Kier molecular flexibility index (Phi) is 7.02. The molecule has 2 aromatic carbocycles. The molecule has 3 aromatic rings. The molecule has 8 heteroatoms. The van der Waals surface area contributed by atoms with E-state index in [-0.39, 0.29) is 6.61 Å². The fourth-order valence-corrected chi connectivity index (χ4v) is 4.39. The van der Waals surface area contributed by atoms with Crippen LogP contribution in [0.3, 0.4) is 0 Å². The van der Waals surface area contributed by atoms with Gasteiger partial charge in [0.05, 0.1) is 0 Å². The third-order valence-corrected chi connectivity index (χ3v) is 5.98. The van der Waals surface area contributed by atoms with Gasteiger partial charge in [-0.25, -0.2) is 0 Å². The summed E-state index contributed by atoms with van der Waals surface area (Å²) >= 11 is -0.656. The average molecular weight is 426 g/mol. The predicted octanol–water partition coefficient (Wildman–Crippen LogP) is -0.100. The Morgan fingerprint density at radius 3 is 2.19 bits per heavy atom. The van der Waals surface area contributed by atoms with Gasteiger partial charge in [0.2, 0.25) is 0 Å². The summed E-state index contributed by atoms with van der Waals surface area (Å²) in [7, 11) is 0. The van der Waals surface area contributed by atoms with Gasteiger partial charge in [0, 0.05) is 0 Å². The van der Waals surface area contributed by atoms with Crippen molar-refractivity contribution in [1.82, 2.24) is 15.0 Å². The molecule has 5 N–H and O–H groups in total. The second-order valence-corrected chi connectivity index (χ2v) is 8.54. The number of nitrogens with one attached hydrogen (secondary N) is 2. The van der Waals surface area contributed by atoms with Gasteiger partial charge in [-0.05, 0) is 0 Å². The number of benzene rings is 2. The van der Waals surface area contributed by atoms with Crippen molar-refractivity contribution in [2.75, 3.05) is 36.1 Å². The van der Waals surface area contributed by atoms with E-state index in [1.807, 2.05) is 42.5 Å². The molecule has 0 saturated carbocycles. The minimum absolute atomic E-state index is 0.0237. The Morgan fingerprint density at radius 1 is 0.852 bits per heavy atom. The van der Waals surface area contributed by atoms with Crippen LogP contribution in [0.25, 0.3) is 0 Å². The number of nitrogen functional groups attached to an aromatic ring is 1. The van der Waals surface area contributed by atoms with Crippen molar-refractivity contribution in [3.05, 3.63) is 60.2 Å². The van der Waals surface area contributed by atoms with Crippen LogP contribution in [0, 0.1) is 0 Å². The number of hydrogen-bond acceptors (Lipinski definition) is 7. The van der Waals surface area contributed by atoms with Crippen molar-refractivity contribution in [1.29, 1.82) is 0 Å². The van der Waals surface area contributed by atoms with Crippen LogP contribution < -0.4 is 25.3 Å². The van der Waals surface area contributed by atoms with Gasteiger partial charge in [-0.15, -0.1) is 0 Å². The Balaban J connectivity index is 1.68. The van der Waals surface area contributed by atoms with Crippen LogP contribution in [0.15, 0.2) is 54.6 Å². The third-order valence-electron chi connectivity index (χ3n) is 3.74. The summed E-state index contributed by atoms with van der Waals surface area (Å²) in [6, 6.07) is 18.1. The van der Waals surface area contributed by atoms with Crippen LogP contribution in [0.1, 0.15) is 5.56 Å². The fourth-order valence-electron chi connectivity index (χ4n) is 2.41. The zero-order valence-corrected chi connectivity index (χ0v) is 17.0. The molecule has 0 amide bonds. The fraction of sp³-hybridized carbons (Fsp3) is 0.211. The molecule has 0 radical (unpaired) electrons. The average Bonchev–Trinajstić information content (AvgIpc) is 2.69. The van der Waals surface area contributed by atoms with E-state index in [4.69, 9.17) is 10.8 Å². The van der Waals surface area contributed by atoms with Crippen molar-refractivity contribution in [3.8, 4) is 0 Å². The Morgan fingerprint density at radius 2 is 1.52 bits per heavy atom. The van der Waals surface area contributed by atoms with Crippen LogP contribution in [0.5, 0.6) is 0 Å². The van der Waals surface area contributed by atoms with Gasteiger partial charge >= 0.3 is 165 Å². The number of nitrogens with two attached hydrogens (primary N) is 1. The van der Waals surface area contributed by atoms with E-state index in [0.717, 1.165) is 16.7 Å². The molecule has 0 saturated heterocycles. The molecule has 0 fully saturated rings. The molecule has 1 aromatic heterocycles. The SMILES string of the molecule is Nc1ccc(CCNc2nc(NCCO)nc([AsH]c3ccccc3)n2)cc1. The number of nitrogens with zero attached hydrogens (tertiary/aromatic N) is 3. The van der Waals surface area contributed by atoms with Gasteiger partial charge in [-0.2, -0.15) is 0 Å². The molecule has 0 bridgehead atoms. The number of aliphatic hydroxyl groups is 1. The first-order chi connectivity index (χ1) is 13.2. The summed E-state index contributed by atoms with van der Waals surface area (Å²) in [5.74, 6) is 1.04. The van der Waals surface area contributed by atoms with Gasteiger partial charge in [0.1, 0.15) is 0 Å². The van der Waals surface area contributed by atoms with Gasteiger partial charge in [-0.3, -0.25) is 0 Å². The van der Waals surface area contributed by atoms with E-state index in [0.29, 0.717) is 25.0 Å². The molecule has 0 spiro atoms. The van der Waals surface area contributed by atoms with Crippen LogP contribution in [0.4, 0.5) is 17.6 Å². The molecule has 7 nitrogen and oxygen atoms in total. The topological polar surface area (TPSA) is 109 Å². The van der Waals surface area contributed by atoms with Gasteiger partial charge in [0.15, 0.2) is 0 Å². The van der Waals surface area contributed by atoms with Crippen molar-refractivity contribution in [2.45, 2.75) is 6.42 Å². The van der Waals surface area contributed by atoms with Crippen LogP contribution in [-0.2, 0) is 6.42 Å². The first-order valence-corrected chi connectivity index (χ1v) is 10.8. The van der Waals surface area contributed by atoms with E-state index in [1.165, 1.54) is 9.91 Å². The number of anilines is 3. The van der Waals surface area contributed by atoms with Crippen LogP contribution >= 0.6 is 0 Å². The van der Waals surface area contributed by atoms with Crippen molar-refractivity contribution >= 4 is 42.3 Å². The van der Waals surface area contributed by atoms with E-state index >= 15 is 0 Å². The number of aromatic nitrogens is 3. The summed E-state index contributed by atoms with van der Waals surface area (Å²) < 4.78 is 2.05.